The highest BCUT2D eigenvalue weighted by Gasteiger charge is 2.27. The second-order valence-corrected chi connectivity index (χ2v) is 7.48. The lowest BCUT2D eigenvalue weighted by Crippen LogP contribution is -2.42. The van der Waals surface area contributed by atoms with Crippen LogP contribution in [0.25, 0.3) is 11.5 Å². The van der Waals surface area contributed by atoms with Gasteiger partial charge < -0.3 is 14.9 Å². The number of carbonyl (C=O) groups is 1. The van der Waals surface area contributed by atoms with Gasteiger partial charge in [-0.1, -0.05) is 11.8 Å². The summed E-state index contributed by atoms with van der Waals surface area (Å²) in [5, 5.41) is 7.33. The third-order valence-corrected chi connectivity index (χ3v) is 5.28. The Kier molecular flexibility index (Phi) is 5.59. The number of nitrogen functional groups attached to an aromatic ring is 1. The molecule has 3 aromatic rings. The minimum atomic E-state index is -0.744. The van der Waals surface area contributed by atoms with Crippen molar-refractivity contribution in [2.75, 3.05) is 12.8 Å². The van der Waals surface area contributed by atoms with E-state index in [0.717, 1.165) is 20.9 Å². The predicted molar refractivity (Wildman–Crippen MR) is 107 cm³/mol. The van der Waals surface area contributed by atoms with Crippen molar-refractivity contribution in [3.63, 3.8) is 0 Å². The zero-order chi connectivity index (χ0) is 21.3. The van der Waals surface area contributed by atoms with Crippen molar-refractivity contribution in [1.29, 1.82) is 0 Å². The molecule has 152 valence electrons. The van der Waals surface area contributed by atoms with Gasteiger partial charge in [-0.05, 0) is 31.2 Å². The second-order valence-electron chi connectivity index (χ2n) is 6.19. The maximum absolute atomic E-state index is 12.8. The van der Waals surface area contributed by atoms with Crippen LogP contribution in [0.3, 0.4) is 0 Å². The third kappa shape index (κ3) is 3.81. The van der Waals surface area contributed by atoms with Gasteiger partial charge in [-0.25, -0.2) is 4.79 Å². The highest BCUT2D eigenvalue weighted by atomic mass is 32.2. The number of benzene rings is 1. The van der Waals surface area contributed by atoms with Crippen molar-refractivity contribution < 1.29 is 13.9 Å². The number of Topliss-reactive ketones (excluding diaryl/α,β-unsaturated/α-hetero) is 1. The molecule has 0 aliphatic heterocycles. The average molecular weight is 417 g/mol. The van der Waals surface area contributed by atoms with Gasteiger partial charge in [-0.3, -0.25) is 18.7 Å². The average Bonchev–Trinajstić information content (AvgIpc) is 3.19. The first-order valence-electron chi connectivity index (χ1n) is 8.48. The number of hydrogen-bond acceptors (Lipinski definition) is 9. The smallest absolute Gasteiger partial charge is 0.332 e. The number of ketones is 1. The van der Waals surface area contributed by atoms with Crippen LogP contribution in [-0.4, -0.2) is 37.5 Å². The van der Waals surface area contributed by atoms with Gasteiger partial charge in [0.2, 0.25) is 5.89 Å². The number of aromatic nitrogens is 4. The van der Waals surface area contributed by atoms with E-state index in [9.17, 15) is 14.4 Å². The van der Waals surface area contributed by atoms with E-state index in [1.165, 1.54) is 14.1 Å². The molecule has 0 fully saturated rings. The molecule has 11 heteroatoms. The Morgan fingerprint density at radius 3 is 2.45 bits per heavy atom. The van der Waals surface area contributed by atoms with Gasteiger partial charge in [0.1, 0.15) is 17.1 Å². The summed E-state index contributed by atoms with van der Waals surface area (Å²) >= 11 is 0.997. The first-order chi connectivity index (χ1) is 13.7. The molecule has 2 N–H and O–H groups in total. The molecule has 1 atom stereocenters. The standard InChI is InChI=1S/C18H19N5O5S/c1-9(13(24)12-14(19)22(2)18(26)23(3)16(12)25)29-17-21-20-15(28-17)10-5-7-11(27-4)8-6-10/h5-9H,19H2,1-4H3. The van der Waals surface area contributed by atoms with Crippen LogP contribution in [0.5, 0.6) is 5.75 Å². The summed E-state index contributed by atoms with van der Waals surface area (Å²) < 4.78 is 12.6. The lowest BCUT2D eigenvalue weighted by molar-refractivity contribution is 0.0991. The van der Waals surface area contributed by atoms with Crippen LogP contribution in [-0.2, 0) is 14.1 Å². The number of nitrogens with zero attached hydrogens (tertiary/aromatic N) is 4. The van der Waals surface area contributed by atoms with E-state index in [-0.39, 0.29) is 22.5 Å². The highest BCUT2D eigenvalue weighted by molar-refractivity contribution is 8.00. The third-order valence-electron chi connectivity index (χ3n) is 4.35. The lowest BCUT2D eigenvalue weighted by Gasteiger charge is -2.13. The Morgan fingerprint density at radius 2 is 1.83 bits per heavy atom. The summed E-state index contributed by atoms with van der Waals surface area (Å²) in [6.45, 7) is 1.59. The highest BCUT2D eigenvalue weighted by Crippen LogP contribution is 2.28. The number of carbonyl (C=O) groups excluding carboxylic acids is 1. The van der Waals surface area contributed by atoms with Crippen molar-refractivity contribution in [2.45, 2.75) is 17.4 Å². The van der Waals surface area contributed by atoms with Gasteiger partial charge in [0.25, 0.3) is 10.8 Å². The van der Waals surface area contributed by atoms with Gasteiger partial charge in [0.15, 0.2) is 5.78 Å². The normalized spacial score (nSPS) is 12.0. The molecule has 0 saturated heterocycles. The zero-order valence-corrected chi connectivity index (χ0v) is 17.0. The van der Waals surface area contributed by atoms with Crippen LogP contribution >= 0.6 is 11.8 Å². The predicted octanol–water partition coefficient (Wildman–Crippen LogP) is 1.09. The lowest BCUT2D eigenvalue weighted by atomic mass is 10.1. The van der Waals surface area contributed by atoms with E-state index < -0.39 is 22.3 Å². The van der Waals surface area contributed by atoms with Gasteiger partial charge in [-0.15, -0.1) is 10.2 Å². The number of thioether (sulfide) groups is 1. The van der Waals surface area contributed by atoms with Gasteiger partial charge in [-0.2, -0.15) is 0 Å². The molecular weight excluding hydrogens is 398 g/mol. The number of anilines is 1. The van der Waals surface area contributed by atoms with Gasteiger partial charge in [0.05, 0.1) is 12.4 Å². The Bertz CT molecular complexity index is 1180. The summed E-state index contributed by atoms with van der Waals surface area (Å²) in [4.78, 5) is 37.1. The quantitative estimate of drug-likeness (QED) is 0.462. The fourth-order valence-electron chi connectivity index (χ4n) is 2.61. The molecule has 0 saturated carbocycles. The van der Waals surface area contributed by atoms with Crippen LogP contribution in [0, 0.1) is 0 Å². The number of ether oxygens (including phenoxy) is 1. The molecule has 1 aromatic carbocycles. The SMILES string of the molecule is COc1ccc(-c2nnc(SC(C)C(=O)c3c(N)n(C)c(=O)n(C)c3=O)o2)cc1. The summed E-state index contributed by atoms with van der Waals surface area (Å²) in [5.41, 5.74) is 4.95. The van der Waals surface area contributed by atoms with E-state index >= 15 is 0 Å². The van der Waals surface area contributed by atoms with Crippen LogP contribution in [0.4, 0.5) is 5.82 Å². The minimum Gasteiger partial charge on any atom is -0.497 e. The van der Waals surface area contributed by atoms with E-state index in [2.05, 4.69) is 10.2 Å². The fraction of sp³-hybridized carbons (Fsp3) is 0.278. The minimum absolute atomic E-state index is 0.164. The summed E-state index contributed by atoms with van der Waals surface area (Å²) in [6, 6.07) is 7.06. The van der Waals surface area contributed by atoms with Crippen LogP contribution < -0.4 is 21.7 Å². The van der Waals surface area contributed by atoms with Crippen molar-refractivity contribution in [3.8, 4) is 17.2 Å². The summed E-state index contributed by atoms with van der Waals surface area (Å²) in [7, 11) is 4.25. The largest absolute Gasteiger partial charge is 0.497 e. The van der Waals surface area contributed by atoms with E-state index in [4.69, 9.17) is 14.9 Å². The summed E-state index contributed by atoms with van der Waals surface area (Å²) in [5.74, 6) is 0.263. The molecule has 2 heterocycles. The first-order valence-corrected chi connectivity index (χ1v) is 9.36. The molecule has 0 bridgehead atoms. The fourth-order valence-corrected chi connectivity index (χ4v) is 3.35. The van der Waals surface area contributed by atoms with Crippen molar-refractivity contribution in [3.05, 3.63) is 50.7 Å². The molecule has 1 unspecified atom stereocenters. The Morgan fingerprint density at radius 1 is 1.17 bits per heavy atom. The second kappa shape index (κ2) is 7.95. The Balaban J connectivity index is 1.83. The van der Waals surface area contributed by atoms with Crippen molar-refractivity contribution in [2.24, 2.45) is 14.1 Å². The molecule has 0 radical (unpaired) electrons. The zero-order valence-electron chi connectivity index (χ0n) is 16.2. The number of hydrogen-bond donors (Lipinski definition) is 1. The maximum Gasteiger partial charge on any atom is 0.332 e. The van der Waals surface area contributed by atoms with E-state index in [0.29, 0.717) is 11.3 Å². The molecule has 3 rings (SSSR count). The van der Waals surface area contributed by atoms with Crippen LogP contribution in [0.15, 0.2) is 43.5 Å². The first kappa shape index (κ1) is 20.4. The van der Waals surface area contributed by atoms with Crippen molar-refractivity contribution >= 4 is 23.4 Å². The monoisotopic (exact) mass is 417 g/mol. The van der Waals surface area contributed by atoms with Crippen molar-refractivity contribution in [1.82, 2.24) is 19.3 Å². The molecule has 0 aliphatic carbocycles. The Hall–Kier alpha value is -3.34. The van der Waals surface area contributed by atoms with Crippen LogP contribution in [0.1, 0.15) is 17.3 Å². The molecule has 2 aromatic heterocycles. The van der Waals surface area contributed by atoms with E-state index in [1.54, 1.807) is 38.3 Å². The number of methoxy groups -OCH3 is 1. The van der Waals surface area contributed by atoms with Gasteiger partial charge in [0, 0.05) is 19.7 Å². The van der Waals surface area contributed by atoms with E-state index in [1.807, 2.05) is 0 Å². The topological polar surface area (TPSA) is 135 Å². The maximum atomic E-state index is 12.8. The summed E-state index contributed by atoms with van der Waals surface area (Å²) in [6.07, 6.45) is 0. The van der Waals surface area contributed by atoms with Gasteiger partial charge >= 0.3 is 5.69 Å². The van der Waals surface area contributed by atoms with Crippen LogP contribution in [0.2, 0.25) is 0 Å². The molecule has 10 nitrogen and oxygen atoms in total. The number of rotatable bonds is 6. The molecular formula is C18H19N5O5S. The number of nitrogens with two attached hydrogens (primary N) is 1. The molecule has 0 amide bonds. The molecule has 0 spiro atoms. The Labute approximate surface area is 169 Å². The molecule has 0 aliphatic rings. The molecule has 29 heavy (non-hydrogen) atoms.